The molecule has 5 nitrogen and oxygen atoms in total. The van der Waals surface area contributed by atoms with E-state index in [2.05, 4.69) is 4.72 Å². The zero-order valence-corrected chi connectivity index (χ0v) is 16.9. The minimum absolute atomic E-state index is 0.292. The van der Waals surface area contributed by atoms with Crippen LogP contribution in [-0.4, -0.2) is 32.3 Å². The molecule has 2 aromatic carbocycles. The maximum Gasteiger partial charge on any atom is 0.244 e. The van der Waals surface area contributed by atoms with Crippen LogP contribution in [0.4, 0.5) is 4.39 Å². The molecule has 0 spiro atoms. The van der Waals surface area contributed by atoms with E-state index in [0.717, 1.165) is 17.7 Å². The standard InChI is InChI=1S/C19H22ClFN2O3S/c1-13(2)18(22-27(25,26)17-7-5-4-6-16(17)21)19(24)23(3)12-14-8-10-15(20)11-9-14/h4-11,13,18,22H,12H2,1-3H3. The first-order valence-electron chi connectivity index (χ1n) is 8.38. The maximum absolute atomic E-state index is 13.9. The lowest BCUT2D eigenvalue weighted by atomic mass is 10.0. The number of hydrogen-bond donors (Lipinski definition) is 1. The van der Waals surface area contributed by atoms with Gasteiger partial charge in [0.05, 0.1) is 0 Å². The molecule has 0 aliphatic rings. The molecule has 0 saturated carbocycles. The van der Waals surface area contributed by atoms with Gasteiger partial charge in [0.25, 0.3) is 0 Å². The number of halogens is 2. The molecule has 0 aliphatic heterocycles. The van der Waals surface area contributed by atoms with Crippen molar-refractivity contribution in [3.05, 3.63) is 64.9 Å². The zero-order valence-electron chi connectivity index (χ0n) is 15.3. The Hall–Kier alpha value is -1.96. The summed E-state index contributed by atoms with van der Waals surface area (Å²) in [5.74, 6) is -1.60. The molecule has 0 bridgehead atoms. The van der Waals surface area contributed by atoms with Crippen molar-refractivity contribution in [3.63, 3.8) is 0 Å². The van der Waals surface area contributed by atoms with Crippen LogP contribution in [0.15, 0.2) is 53.4 Å². The second-order valence-electron chi connectivity index (χ2n) is 6.59. The van der Waals surface area contributed by atoms with Crippen LogP contribution in [0.3, 0.4) is 0 Å². The van der Waals surface area contributed by atoms with E-state index in [1.165, 1.54) is 17.0 Å². The molecule has 0 radical (unpaired) electrons. The monoisotopic (exact) mass is 412 g/mol. The van der Waals surface area contributed by atoms with Crippen molar-refractivity contribution in [2.45, 2.75) is 31.3 Å². The molecule has 1 atom stereocenters. The first-order chi connectivity index (χ1) is 12.6. The van der Waals surface area contributed by atoms with Crippen molar-refractivity contribution in [2.24, 2.45) is 5.92 Å². The molecular formula is C19H22ClFN2O3S. The average Bonchev–Trinajstić information content (AvgIpc) is 2.61. The van der Waals surface area contributed by atoms with Gasteiger partial charge < -0.3 is 4.90 Å². The Kier molecular flexibility index (Phi) is 6.97. The van der Waals surface area contributed by atoms with Crippen LogP contribution < -0.4 is 4.72 Å². The highest BCUT2D eigenvalue weighted by molar-refractivity contribution is 7.89. The van der Waals surface area contributed by atoms with Crippen molar-refractivity contribution < 1.29 is 17.6 Å². The summed E-state index contributed by atoms with van der Waals surface area (Å²) in [5, 5.41) is 0.588. The summed E-state index contributed by atoms with van der Waals surface area (Å²) in [6, 6.07) is 11.1. The molecule has 1 unspecified atom stereocenters. The van der Waals surface area contributed by atoms with E-state index in [0.29, 0.717) is 11.6 Å². The number of hydrogen-bond acceptors (Lipinski definition) is 3. The lowest BCUT2D eigenvalue weighted by Crippen LogP contribution is -2.50. The lowest BCUT2D eigenvalue weighted by molar-refractivity contribution is -0.133. The summed E-state index contributed by atoms with van der Waals surface area (Å²) < 4.78 is 41.3. The Morgan fingerprint density at radius 2 is 1.74 bits per heavy atom. The van der Waals surface area contributed by atoms with E-state index in [4.69, 9.17) is 11.6 Å². The van der Waals surface area contributed by atoms with Gasteiger partial charge in [0, 0.05) is 18.6 Å². The molecule has 1 amide bonds. The van der Waals surface area contributed by atoms with Gasteiger partial charge in [-0.3, -0.25) is 4.79 Å². The second kappa shape index (κ2) is 8.82. The van der Waals surface area contributed by atoms with Crippen molar-refractivity contribution in [1.29, 1.82) is 0 Å². The third-order valence-electron chi connectivity index (χ3n) is 4.05. The molecule has 1 N–H and O–H groups in total. The number of likely N-dealkylation sites (N-methyl/N-ethyl adjacent to an activating group) is 1. The van der Waals surface area contributed by atoms with Crippen LogP contribution in [0, 0.1) is 11.7 Å². The third kappa shape index (κ3) is 5.51. The molecule has 0 fully saturated rings. The predicted octanol–water partition coefficient (Wildman–Crippen LogP) is 3.44. The molecule has 27 heavy (non-hydrogen) atoms. The minimum Gasteiger partial charge on any atom is -0.340 e. The van der Waals surface area contributed by atoms with E-state index < -0.39 is 32.7 Å². The predicted molar refractivity (Wildman–Crippen MR) is 103 cm³/mol. The number of carbonyl (C=O) groups excluding carboxylic acids is 1. The Bertz CT molecular complexity index is 901. The van der Waals surface area contributed by atoms with Gasteiger partial charge in [-0.1, -0.05) is 49.7 Å². The van der Waals surface area contributed by atoms with E-state index in [-0.39, 0.29) is 5.92 Å². The minimum atomic E-state index is -4.18. The molecule has 2 rings (SSSR count). The summed E-state index contributed by atoms with van der Waals surface area (Å²) in [5.41, 5.74) is 0.856. The second-order valence-corrected chi connectivity index (χ2v) is 8.71. The Labute approximate surface area is 164 Å². The summed E-state index contributed by atoms with van der Waals surface area (Å²) >= 11 is 5.86. The topological polar surface area (TPSA) is 66.5 Å². The van der Waals surface area contributed by atoms with Gasteiger partial charge in [-0.25, -0.2) is 12.8 Å². The number of rotatable bonds is 7. The van der Waals surface area contributed by atoms with Crippen LogP contribution in [0.5, 0.6) is 0 Å². The molecule has 8 heteroatoms. The smallest absolute Gasteiger partial charge is 0.244 e. The average molecular weight is 413 g/mol. The number of carbonyl (C=O) groups is 1. The zero-order chi connectivity index (χ0) is 20.2. The molecule has 0 heterocycles. The van der Waals surface area contributed by atoms with Gasteiger partial charge >= 0.3 is 0 Å². The van der Waals surface area contributed by atoms with Gasteiger partial charge in [-0.2, -0.15) is 4.72 Å². The summed E-state index contributed by atoms with van der Waals surface area (Å²) in [4.78, 5) is 13.8. The molecule has 0 aliphatic carbocycles. The first kappa shape index (κ1) is 21.3. The van der Waals surface area contributed by atoms with E-state index in [1.807, 2.05) is 0 Å². The molecule has 0 aromatic heterocycles. The van der Waals surface area contributed by atoms with Gasteiger partial charge in [0.2, 0.25) is 15.9 Å². The SMILES string of the molecule is CC(C)C(NS(=O)(=O)c1ccccc1F)C(=O)N(C)Cc1ccc(Cl)cc1. The Balaban J connectivity index is 2.19. The van der Waals surface area contributed by atoms with Crippen LogP contribution in [0.1, 0.15) is 19.4 Å². The lowest BCUT2D eigenvalue weighted by Gasteiger charge is -2.27. The molecule has 146 valence electrons. The van der Waals surface area contributed by atoms with Gasteiger partial charge in [0.1, 0.15) is 16.8 Å². The van der Waals surface area contributed by atoms with Crippen molar-refractivity contribution in [1.82, 2.24) is 9.62 Å². The van der Waals surface area contributed by atoms with E-state index >= 15 is 0 Å². The fourth-order valence-corrected chi connectivity index (χ4v) is 4.09. The van der Waals surface area contributed by atoms with Crippen molar-refractivity contribution >= 4 is 27.5 Å². The number of sulfonamides is 1. The first-order valence-corrected chi connectivity index (χ1v) is 10.2. The van der Waals surface area contributed by atoms with Gasteiger partial charge in [-0.05, 0) is 35.7 Å². The van der Waals surface area contributed by atoms with Crippen LogP contribution in [0.25, 0.3) is 0 Å². The quantitative estimate of drug-likeness (QED) is 0.757. The summed E-state index contributed by atoms with van der Waals surface area (Å²) in [7, 11) is -2.60. The highest BCUT2D eigenvalue weighted by Gasteiger charge is 2.31. The van der Waals surface area contributed by atoms with Crippen LogP contribution >= 0.6 is 11.6 Å². The number of amides is 1. The van der Waals surface area contributed by atoms with Crippen LogP contribution in [0.2, 0.25) is 5.02 Å². The molecule has 0 saturated heterocycles. The number of nitrogens with one attached hydrogen (secondary N) is 1. The van der Waals surface area contributed by atoms with Crippen molar-refractivity contribution in [2.75, 3.05) is 7.05 Å². The molecular weight excluding hydrogens is 391 g/mol. The summed E-state index contributed by atoms with van der Waals surface area (Å²) in [6.07, 6.45) is 0. The Morgan fingerprint density at radius 1 is 1.15 bits per heavy atom. The maximum atomic E-state index is 13.9. The highest BCUT2D eigenvalue weighted by atomic mass is 35.5. The normalized spacial score (nSPS) is 12.8. The highest BCUT2D eigenvalue weighted by Crippen LogP contribution is 2.17. The van der Waals surface area contributed by atoms with E-state index in [9.17, 15) is 17.6 Å². The van der Waals surface area contributed by atoms with Gasteiger partial charge in [0.15, 0.2) is 0 Å². The molecule has 2 aromatic rings. The Morgan fingerprint density at radius 3 is 2.30 bits per heavy atom. The van der Waals surface area contributed by atoms with Crippen molar-refractivity contribution in [3.8, 4) is 0 Å². The van der Waals surface area contributed by atoms with E-state index in [1.54, 1.807) is 45.2 Å². The fourth-order valence-electron chi connectivity index (χ4n) is 2.54. The fraction of sp³-hybridized carbons (Fsp3) is 0.316. The third-order valence-corrected chi connectivity index (χ3v) is 5.78. The van der Waals surface area contributed by atoms with Crippen LogP contribution in [-0.2, 0) is 21.4 Å². The number of nitrogens with zero attached hydrogens (tertiary/aromatic N) is 1. The number of benzene rings is 2. The van der Waals surface area contributed by atoms with Gasteiger partial charge in [-0.15, -0.1) is 0 Å². The summed E-state index contributed by atoms with van der Waals surface area (Å²) in [6.45, 7) is 3.74. The largest absolute Gasteiger partial charge is 0.340 e.